The molecule has 1 heterocycles. The fourth-order valence-electron chi connectivity index (χ4n) is 1.73. The second-order valence-corrected chi connectivity index (χ2v) is 4.90. The van der Waals surface area contributed by atoms with Gasteiger partial charge in [0.2, 0.25) is 0 Å². The van der Waals surface area contributed by atoms with E-state index in [1.807, 2.05) is 12.1 Å². The Balaban J connectivity index is 2.27. The summed E-state index contributed by atoms with van der Waals surface area (Å²) in [6, 6.07) is 5.37. The molecule has 0 aliphatic carbocycles. The van der Waals surface area contributed by atoms with Crippen LogP contribution in [0.25, 0.3) is 0 Å². The summed E-state index contributed by atoms with van der Waals surface area (Å²) in [7, 11) is 0. The van der Waals surface area contributed by atoms with E-state index in [0.29, 0.717) is 28.9 Å². The number of benzene rings is 1. The average Bonchev–Trinajstić information content (AvgIpc) is 2.77. The van der Waals surface area contributed by atoms with Crippen LogP contribution in [-0.4, -0.2) is 27.6 Å². The van der Waals surface area contributed by atoms with Crippen molar-refractivity contribution in [1.82, 2.24) is 15.0 Å². The Morgan fingerprint density at radius 2 is 2.15 bits per heavy atom. The lowest BCUT2D eigenvalue weighted by atomic mass is 10.2. The number of aromatic nitrogens is 3. The molecule has 0 aliphatic rings. The molecule has 20 heavy (non-hydrogen) atoms. The third kappa shape index (κ3) is 2.94. The van der Waals surface area contributed by atoms with E-state index >= 15 is 0 Å². The molecule has 0 radical (unpaired) electrons. The van der Waals surface area contributed by atoms with Crippen molar-refractivity contribution in [2.45, 2.75) is 20.4 Å². The van der Waals surface area contributed by atoms with Crippen LogP contribution in [0.15, 0.2) is 18.2 Å². The standard InChI is InChI=1S/C13H13Cl2N3O2/c1-3-20-13(19)12-8(2)18(17-16-12)7-9-5-4-6-10(14)11(9)15/h4-6H,3,7H2,1-2H3. The summed E-state index contributed by atoms with van der Waals surface area (Å²) in [6.07, 6.45) is 0. The molecular formula is C13H13Cl2N3O2. The van der Waals surface area contributed by atoms with Crippen LogP contribution in [0.2, 0.25) is 10.0 Å². The summed E-state index contributed by atoms with van der Waals surface area (Å²) in [5.41, 5.74) is 1.65. The Bertz CT molecular complexity index is 641. The van der Waals surface area contributed by atoms with Gasteiger partial charge in [0.25, 0.3) is 0 Å². The van der Waals surface area contributed by atoms with Crippen molar-refractivity contribution in [2.24, 2.45) is 0 Å². The fraction of sp³-hybridized carbons (Fsp3) is 0.308. The van der Waals surface area contributed by atoms with Crippen LogP contribution in [0, 0.1) is 6.92 Å². The molecule has 7 heteroatoms. The molecular weight excluding hydrogens is 301 g/mol. The molecule has 5 nitrogen and oxygen atoms in total. The molecule has 2 rings (SSSR count). The molecule has 0 saturated carbocycles. The number of hydrogen-bond donors (Lipinski definition) is 0. The van der Waals surface area contributed by atoms with Crippen molar-refractivity contribution < 1.29 is 9.53 Å². The van der Waals surface area contributed by atoms with Gasteiger partial charge in [0.15, 0.2) is 5.69 Å². The highest BCUT2D eigenvalue weighted by Crippen LogP contribution is 2.26. The molecule has 0 fully saturated rings. The lowest BCUT2D eigenvalue weighted by molar-refractivity contribution is 0.0518. The Morgan fingerprint density at radius 1 is 1.40 bits per heavy atom. The topological polar surface area (TPSA) is 57.0 Å². The van der Waals surface area contributed by atoms with E-state index in [1.54, 1.807) is 24.6 Å². The van der Waals surface area contributed by atoms with Gasteiger partial charge in [-0.2, -0.15) is 0 Å². The lowest BCUT2D eigenvalue weighted by Gasteiger charge is -2.07. The number of nitrogens with zero attached hydrogens (tertiary/aromatic N) is 3. The highest BCUT2D eigenvalue weighted by molar-refractivity contribution is 6.42. The number of carbonyl (C=O) groups excluding carboxylic acids is 1. The number of carbonyl (C=O) groups is 1. The molecule has 0 N–H and O–H groups in total. The van der Waals surface area contributed by atoms with Gasteiger partial charge in [0.05, 0.1) is 28.9 Å². The van der Waals surface area contributed by atoms with E-state index < -0.39 is 5.97 Å². The van der Waals surface area contributed by atoms with Gasteiger partial charge in [-0.3, -0.25) is 0 Å². The molecule has 0 unspecified atom stereocenters. The largest absolute Gasteiger partial charge is 0.461 e. The van der Waals surface area contributed by atoms with Crippen molar-refractivity contribution in [2.75, 3.05) is 6.61 Å². The minimum absolute atomic E-state index is 0.213. The molecule has 0 bridgehead atoms. The maximum absolute atomic E-state index is 11.7. The summed E-state index contributed by atoms with van der Waals surface area (Å²) >= 11 is 12.1. The average molecular weight is 314 g/mol. The van der Waals surface area contributed by atoms with Crippen LogP contribution in [0.1, 0.15) is 28.7 Å². The van der Waals surface area contributed by atoms with E-state index in [9.17, 15) is 4.79 Å². The summed E-state index contributed by atoms with van der Waals surface area (Å²) < 4.78 is 6.50. The van der Waals surface area contributed by atoms with Crippen molar-refractivity contribution in [3.8, 4) is 0 Å². The van der Waals surface area contributed by atoms with Crippen LogP contribution < -0.4 is 0 Å². The number of ether oxygens (including phenoxy) is 1. The predicted octanol–water partition coefficient (Wildman–Crippen LogP) is 3.12. The molecule has 0 amide bonds. The van der Waals surface area contributed by atoms with Crippen LogP contribution in [0.3, 0.4) is 0 Å². The Morgan fingerprint density at radius 3 is 2.85 bits per heavy atom. The quantitative estimate of drug-likeness (QED) is 0.814. The normalized spacial score (nSPS) is 10.6. The first-order valence-electron chi connectivity index (χ1n) is 6.04. The van der Waals surface area contributed by atoms with Gasteiger partial charge in [-0.15, -0.1) is 5.10 Å². The monoisotopic (exact) mass is 313 g/mol. The predicted molar refractivity (Wildman–Crippen MR) is 76.3 cm³/mol. The minimum Gasteiger partial charge on any atom is -0.461 e. The number of halogens is 2. The van der Waals surface area contributed by atoms with Crippen molar-refractivity contribution in [3.63, 3.8) is 0 Å². The summed E-state index contributed by atoms with van der Waals surface area (Å²) in [4.78, 5) is 11.7. The highest BCUT2D eigenvalue weighted by Gasteiger charge is 2.18. The van der Waals surface area contributed by atoms with Gasteiger partial charge in [-0.05, 0) is 25.5 Å². The molecule has 0 spiro atoms. The van der Waals surface area contributed by atoms with Gasteiger partial charge in [-0.1, -0.05) is 40.5 Å². The Hall–Kier alpha value is -1.59. The lowest BCUT2D eigenvalue weighted by Crippen LogP contribution is -2.09. The van der Waals surface area contributed by atoms with Gasteiger partial charge in [0, 0.05) is 0 Å². The molecule has 2 aromatic rings. The van der Waals surface area contributed by atoms with Gasteiger partial charge in [0.1, 0.15) is 0 Å². The van der Waals surface area contributed by atoms with Crippen molar-refractivity contribution >= 4 is 29.2 Å². The summed E-state index contributed by atoms with van der Waals surface area (Å²) in [5.74, 6) is -0.478. The maximum Gasteiger partial charge on any atom is 0.360 e. The number of rotatable bonds is 4. The van der Waals surface area contributed by atoms with Crippen LogP contribution in [0.5, 0.6) is 0 Å². The van der Waals surface area contributed by atoms with Crippen LogP contribution >= 0.6 is 23.2 Å². The fourth-order valence-corrected chi connectivity index (χ4v) is 2.11. The number of esters is 1. The first kappa shape index (κ1) is 14.8. The second kappa shape index (κ2) is 6.24. The zero-order valence-electron chi connectivity index (χ0n) is 11.1. The van der Waals surface area contributed by atoms with E-state index in [2.05, 4.69) is 10.3 Å². The first-order valence-corrected chi connectivity index (χ1v) is 6.80. The summed E-state index contributed by atoms with van der Waals surface area (Å²) in [5, 5.41) is 8.75. The number of hydrogen-bond acceptors (Lipinski definition) is 4. The molecule has 106 valence electrons. The van der Waals surface area contributed by atoms with Crippen molar-refractivity contribution in [3.05, 3.63) is 45.2 Å². The molecule has 1 aromatic heterocycles. The van der Waals surface area contributed by atoms with Crippen molar-refractivity contribution in [1.29, 1.82) is 0 Å². The summed E-state index contributed by atoms with van der Waals surface area (Å²) in [6.45, 7) is 4.18. The second-order valence-electron chi connectivity index (χ2n) is 4.11. The molecule has 0 aliphatic heterocycles. The van der Waals surface area contributed by atoms with Gasteiger partial charge >= 0.3 is 5.97 Å². The third-order valence-electron chi connectivity index (χ3n) is 2.80. The smallest absolute Gasteiger partial charge is 0.360 e. The van der Waals surface area contributed by atoms with Gasteiger partial charge in [-0.25, -0.2) is 9.48 Å². The molecule has 0 atom stereocenters. The Kier molecular flexibility index (Phi) is 4.62. The van der Waals surface area contributed by atoms with E-state index in [4.69, 9.17) is 27.9 Å². The molecule has 1 aromatic carbocycles. The van der Waals surface area contributed by atoms with E-state index in [0.717, 1.165) is 5.56 Å². The highest BCUT2D eigenvalue weighted by atomic mass is 35.5. The first-order chi connectivity index (χ1) is 9.54. The van der Waals surface area contributed by atoms with Gasteiger partial charge < -0.3 is 4.74 Å². The maximum atomic E-state index is 11.7. The van der Waals surface area contributed by atoms with E-state index in [-0.39, 0.29) is 5.69 Å². The minimum atomic E-state index is -0.478. The SMILES string of the molecule is CCOC(=O)c1nnn(Cc2cccc(Cl)c2Cl)c1C. The van der Waals surface area contributed by atoms with Crippen LogP contribution in [0.4, 0.5) is 0 Å². The zero-order chi connectivity index (χ0) is 14.7. The molecule has 0 saturated heterocycles. The van der Waals surface area contributed by atoms with Crippen LogP contribution in [-0.2, 0) is 11.3 Å². The zero-order valence-corrected chi connectivity index (χ0v) is 12.6. The van der Waals surface area contributed by atoms with E-state index in [1.165, 1.54) is 0 Å². The third-order valence-corrected chi connectivity index (χ3v) is 3.66. The Labute approximate surface area is 126 Å².